The van der Waals surface area contributed by atoms with Crippen LogP contribution in [0.15, 0.2) is 97.1 Å². The third-order valence-corrected chi connectivity index (χ3v) is 6.41. The molecular formula is C29H26N2O2. The van der Waals surface area contributed by atoms with Crippen molar-refractivity contribution in [3.05, 3.63) is 108 Å². The Morgan fingerprint density at radius 3 is 2.12 bits per heavy atom. The van der Waals surface area contributed by atoms with E-state index < -0.39 is 12.1 Å². The van der Waals surface area contributed by atoms with Gasteiger partial charge >= 0.3 is 0 Å². The van der Waals surface area contributed by atoms with Crippen LogP contribution < -0.4 is 5.32 Å². The number of benzene rings is 4. The molecule has 1 saturated heterocycles. The topological polar surface area (TPSA) is 49.4 Å². The van der Waals surface area contributed by atoms with E-state index in [0.29, 0.717) is 13.0 Å². The van der Waals surface area contributed by atoms with Gasteiger partial charge < -0.3 is 10.2 Å². The van der Waals surface area contributed by atoms with Crippen LogP contribution in [0.1, 0.15) is 18.1 Å². The molecule has 2 atom stereocenters. The largest absolute Gasteiger partial charge is 0.342 e. The zero-order valence-electron chi connectivity index (χ0n) is 18.6. The Balaban J connectivity index is 1.33. The Hall–Kier alpha value is -3.92. The van der Waals surface area contributed by atoms with Crippen LogP contribution in [0.4, 0.5) is 0 Å². The molecule has 1 N–H and O–H groups in total. The minimum absolute atomic E-state index is 0.0394. The first-order valence-electron chi connectivity index (χ1n) is 11.3. The number of nitrogens with one attached hydrogen (secondary N) is 1. The second kappa shape index (κ2) is 8.91. The Morgan fingerprint density at radius 1 is 0.727 bits per heavy atom. The molecule has 1 heterocycles. The lowest BCUT2D eigenvalue weighted by Crippen LogP contribution is -2.62. The highest BCUT2D eigenvalue weighted by atomic mass is 16.2. The Bertz CT molecular complexity index is 1300. The van der Waals surface area contributed by atoms with Crippen molar-refractivity contribution >= 4 is 22.6 Å². The predicted molar refractivity (Wildman–Crippen MR) is 131 cm³/mol. The number of rotatable bonds is 5. The zero-order valence-corrected chi connectivity index (χ0v) is 18.6. The van der Waals surface area contributed by atoms with Gasteiger partial charge in [-0.15, -0.1) is 0 Å². The summed E-state index contributed by atoms with van der Waals surface area (Å²) in [6.07, 6.45) is 0.478. The first kappa shape index (κ1) is 21.0. The van der Waals surface area contributed by atoms with E-state index in [4.69, 9.17) is 0 Å². The van der Waals surface area contributed by atoms with E-state index in [-0.39, 0.29) is 11.8 Å². The van der Waals surface area contributed by atoms with Crippen molar-refractivity contribution in [2.24, 2.45) is 0 Å². The highest BCUT2D eigenvalue weighted by Crippen LogP contribution is 2.23. The molecule has 164 valence electrons. The summed E-state index contributed by atoms with van der Waals surface area (Å²) in [5.74, 6) is -0.149. The molecule has 33 heavy (non-hydrogen) atoms. The summed E-state index contributed by atoms with van der Waals surface area (Å²) in [5.41, 5.74) is 4.33. The molecule has 1 fully saturated rings. The Morgan fingerprint density at radius 2 is 1.36 bits per heavy atom. The molecule has 1 aliphatic heterocycles. The number of piperazine rings is 1. The van der Waals surface area contributed by atoms with Gasteiger partial charge in [0.2, 0.25) is 11.8 Å². The number of nitrogens with zero attached hydrogens (tertiary/aromatic N) is 1. The van der Waals surface area contributed by atoms with Gasteiger partial charge in [0.15, 0.2) is 0 Å². The van der Waals surface area contributed by atoms with E-state index in [1.807, 2.05) is 48.5 Å². The third-order valence-electron chi connectivity index (χ3n) is 6.41. The van der Waals surface area contributed by atoms with Gasteiger partial charge in [0.05, 0.1) is 0 Å². The molecule has 1 aliphatic rings. The van der Waals surface area contributed by atoms with Gasteiger partial charge in [0.1, 0.15) is 12.1 Å². The van der Waals surface area contributed by atoms with E-state index in [1.165, 1.54) is 0 Å². The maximum absolute atomic E-state index is 13.4. The monoisotopic (exact) mass is 434 g/mol. The van der Waals surface area contributed by atoms with Gasteiger partial charge in [-0.25, -0.2) is 0 Å². The van der Waals surface area contributed by atoms with Crippen molar-refractivity contribution in [3.63, 3.8) is 0 Å². The van der Waals surface area contributed by atoms with Crippen molar-refractivity contribution in [1.29, 1.82) is 0 Å². The molecule has 0 aromatic heterocycles. The van der Waals surface area contributed by atoms with E-state index >= 15 is 0 Å². The van der Waals surface area contributed by atoms with Gasteiger partial charge in [-0.3, -0.25) is 9.59 Å². The summed E-state index contributed by atoms with van der Waals surface area (Å²) < 4.78 is 0. The number of hydrogen-bond acceptors (Lipinski definition) is 2. The minimum atomic E-state index is -0.557. The lowest BCUT2D eigenvalue weighted by Gasteiger charge is -2.37. The standard InChI is InChI=1S/C29H26N2O2/c1-20-28(32)30-27(18-22-13-16-24-9-5-6-10-26(24)17-22)29(33)31(20)19-21-11-14-25(15-12-21)23-7-3-2-4-8-23/h2-17,20,27H,18-19H2,1H3,(H,30,32)/t20-,27-/m0/s1. The lowest BCUT2D eigenvalue weighted by molar-refractivity contribution is -0.149. The average Bonchev–Trinajstić information content (AvgIpc) is 2.86. The van der Waals surface area contributed by atoms with Gasteiger partial charge in [0.25, 0.3) is 0 Å². The molecule has 4 aromatic carbocycles. The number of amides is 2. The second-order valence-electron chi connectivity index (χ2n) is 8.65. The summed E-state index contributed by atoms with van der Waals surface area (Å²) in [7, 11) is 0. The molecule has 0 unspecified atom stereocenters. The van der Waals surface area contributed by atoms with Crippen LogP contribution in [0.2, 0.25) is 0 Å². The van der Waals surface area contributed by atoms with Crippen LogP contribution in [-0.4, -0.2) is 28.8 Å². The van der Waals surface area contributed by atoms with Crippen molar-refractivity contribution in [2.45, 2.75) is 32.0 Å². The fourth-order valence-electron chi connectivity index (χ4n) is 4.47. The summed E-state index contributed by atoms with van der Waals surface area (Å²) >= 11 is 0. The molecule has 4 aromatic rings. The average molecular weight is 435 g/mol. The predicted octanol–water partition coefficient (Wildman–Crippen LogP) is 4.97. The summed E-state index contributed by atoms with van der Waals surface area (Å²) in [5, 5.41) is 5.22. The van der Waals surface area contributed by atoms with Gasteiger partial charge in [-0.05, 0) is 39.9 Å². The molecule has 4 nitrogen and oxygen atoms in total. The van der Waals surface area contributed by atoms with E-state index in [1.54, 1.807) is 11.8 Å². The van der Waals surface area contributed by atoms with Crippen LogP contribution in [0.5, 0.6) is 0 Å². The van der Waals surface area contributed by atoms with E-state index in [0.717, 1.165) is 33.0 Å². The maximum Gasteiger partial charge on any atom is 0.246 e. The van der Waals surface area contributed by atoms with Crippen LogP contribution in [0.25, 0.3) is 21.9 Å². The number of carbonyl (C=O) groups is 2. The fraction of sp³-hybridized carbons (Fsp3) is 0.172. The highest BCUT2D eigenvalue weighted by Gasteiger charge is 2.37. The zero-order chi connectivity index (χ0) is 22.8. The van der Waals surface area contributed by atoms with Crippen molar-refractivity contribution in [2.75, 3.05) is 0 Å². The molecule has 0 aliphatic carbocycles. The summed E-state index contributed by atoms with van der Waals surface area (Å²) in [6, 6.07) is 31.7. The van der Waals surface area contributed by atoms with Crippen LogP contribution in [0.3, 0.4) is 0 Å². The maximum atomic E-state index is 13.4. The second-order valence-corrected chi connectivity index (χ2v) is 8.65. The van der Waals surface area contributed by atoms with E-state index in [9.17, 15) is 9.59 Å². The smallest absolute Gasteiger partial charge is 0.246 e. The first-order valence-corrected chi connectivity index (χ1v) is 11.3. The summed E-state index contributed by atoms with van der Waals surface area (Å²) in [6.45, 7) is 2.20. The SMILES string of the molecule is C[C@H]1C(=O)N[C@@H](Cc2ccc3ccccc3c2)C(=O)N1Cc1ccc(-c2ccccc2)cc1. The highest BCUT2D eigenvalue weighted by molar-refractivity contribution is 5.97. The molecule has 0 radical (unpaired) electrons. The van der Waals surface area contributed by atoms with Crippen molar-refractivity contribution in [1.82, 2.24) is 10.2 Å². The van der Waals surface area contributed by atoms with Crippen molar-refractivity contribution in [3.8, 4) is 11.1 Å². The Labute approximate surface area is 193 Å². The number of carbonyl (C=O) groups excluding carboxylic acids is 2. The van der Waals surface area contributed by atoms with Gasteiger partial charge in [-0.2, -0.15) is 0 Å². The van der Waals surface area contributed by atoms with Crippen LogP contribution in [-0.2, 0) is 22.6 Å². The lowest BCUT2D eigenvalue weighted by atomic mass is 9.97. The quantitative estimate of drug-likeness (QED) is 0.482. The molecule has 0 spiro atoms. The normalized spacial score (nSPS) is 18.4. The van der Waals surface area contributed by atoms with Gasteiger partial charge in [0, 0.05) is 13.0 Å². The minimum Gasteiger partial charge on any atom is -0.342 e. The molecule has 4 heteroatoms. The van der Waals surface area contributed by atoms with Crippen LogP contribution >= 0.6 is 0 Å². The molecular weight excluding hydrogens is 408 g/mol. The molecule has 0 saturated carbocycles. The third kappa shape index (κ3) is 4.37. The van der Waals surface area contributed by atoms with Gasteiger partial charge in [-0.1, -0.05) is 97.1 Å². The van der Waals surface area contributed by atoms with E-state index in [2.05, 4.69) is 53.8 Å². The molecule has 5 rings (SSSR count). The molecule has 0 bridgehead atoms. The van der Waals surface area contributed by atoms with Crippen LogP contribution in [0, 0.1) is 0 Å². The number of fused-ring (bicyclic) bond motifs is 1. The summed E-state index contributed by atoms with van der Waals surface area (Å²) in [4.78, 5) is 27.7. The first-order chi connectivity index (χ1) is 16.1. The fourth-order valence-corrected chi connectivity index (χ4v) is 4.47. The number of hydrogen-bond donors (Lipinski definition) is 1. The van der Waals surface area contributed by atoms with Crippen molar-refractivity contribution < 1.29 is 9.59 Å². The Kier molecular flexibility index (Phi) is 5.66. The molecule has 2 amide bonds.